The summed E-state index contributed by atoms with van der Waals surface area (Å²) in [4.78, 5) is 0. The molecule has 0 saturated heterocycles. The Labute approximate surface area is 115 Å². The number of halogens is 3. The number of hydrogen-bond acceptors (Lipinski definition) is 1. The van der Waals surface area contributed by atoms with Crippen molar-refractivity contribution in [2.45, 2.75) is 18.4 Å². The third kappa shape index (κ3) is 2.31. The van der Waals surface area contributed by atoms with Crippen molar-refractivity contribution in [1.29, 1.82) is 0 Å². The molecule has 20 heavy (non-hydrogen) atoms. The molecule has 0 bridgehead atoms. The summed E-state index contributed by atoms with van der Waals surface area (Å²) in [7, 11) is 0. The molecule has 1 aliphatic rings. The van der Waals surface area contributed by atoms with E-state index in [0.717, 1.165) is 18.6 Å². The van der Waals surface area contributed by atoms with Crippen molar-refractivity contribution in [2.24, 2.45) is 11.7 Å². The van der Waals surface area contributed by atoms with Crippen LogP contribution in [0.1, 0.15) is 29.5 Å². The highest BCUT2D eigenvalue weighted by atomic mass is 19.2. The van der Waals surface area contributed by atoms with Crippen LogP contribution >= 0.6 is 0 Å². The first-order chi connectivity index (χ1) is 9.58. The molecule has 104 valence electrons. The molecule has 0 radical (unpaired) electrons. The van der Waals surface area contributed by atoms with E-state index in [1.807, 2.05) is 30.3 Å². The molecule has 2 aromatic rings. The van der Waals surface area contributed by atoms with Gasteiger partial charge in [0.2, 0.25) is 0 Å². The summed E-state index contributed by atoms with van der Waals surface area (Å²) in [6.45, 7) is 0. The summed E-state index contributed by atoms with van der Waals surface area (Å²) in [5.74, 6) is -3.37. The molecular formula is C16H14F3N. The van der Waals surface area contributed by atoms with Crippen molar-refractivity contribution in [3.63, 3.8) is 0 Å². The third-order valence-electron chi connectivity index (χ3n) is 3.92. The first-order valence-corrected chi connectivity index (χ1v) is 6.53. The maximum absolute atomic E-state index is 13.2. The summed E-state index contributed by atoms with van der Waals surface area (Å²) < 4.78 is 39.4. The van der Waals surface area contributed by atoms with Crippen molar-refractivity contribution < 1.29 is 13.2 Å². The molecule has 4 heteroatoms. The molecule has 2 N–H and O–H groups in total. The van der Waals surface area contributed by atoms with Gasteiger partial charge in [-0.15, -0.1) is 0 Å². The van der Waals surface area contributed by atoms with E-state index in [1.54, 1.807) is 0 Å². The topological polar surface area (TPSA) is 26.0 Å². The molecule has 3 unspecified atom stereocenters. The van der Waals surface area contributed by atoms with Gasteiger partial charge >= 0.3 is 0 Å². The SMILES string of the molecule is NC(c1cc(F)c(F)c(F)c1)C1CC1c1ccccc1. The largest absolute Gasteiger partial charge is 0.324 e. The van der Waals surface area contributed by atoms with E-state index in [-0.39, 0.29) is 5.92 Å². The van der Waals surface area contributed by atoms with Gasteiger partial charge in [-0.2, -0.15) is 0 Å². The lowest BCUT2D eigenvalue weighted by molar-refractivity contribution is 0.441. The summed E-state index contributed by atoms with van der Waals surface area (Å²) in [5.41, 5.74) is 7.55. The van der Waals surface area contributed by atoms with E-state index < -0.39 is 23.5 Å². The molecule has 0 aliphatic heterocycles. The van der Waals surface area contributed by atoms with E-state index >= 15 is 0 Å². The second-order valence-corrected chi connectivity index (χ2v) is 5.24. The number of hydrogen-bond donors (Lipinski definition) is 1. The zero-order chi connectivity index (χ0) is 14.3. The molecular weight excluding hydrogens is 263 g/mol. The van der Waals surface area contributed by atoms with E-state index in [0.29, 0.717) is 11.5 Å². The summed E-state index contributed by atoms with van der Waals surface area (Å²) in [5, 5.41) is 0. The predicted octanol–water partition coefficient (Wildman–Crippen LogP) is 3.91. The smallest absolute Gasteiger partial charge is 0.194 e. The van der Waals surface area contributed by atoms with Gasteiger partial charge in [0.25, 0.3) is 0 Å². The van der Waals surface area contributed by atoms with Crippen LogP contribution in [-0.2, 0) is 0 Å². The van der Waals surface area contributed by atoms with Gasteiger partial charge < -0.3 is 5.73 Å². The Kier molecular flexibility index (Phi) is 3.26. The van der Waals surface area contributed by atoms with Gasteiger partial charge in [-0.1, -0.05) is 30.3 Å². The lowest BCUT2D eigenvalue weighted by Crippen LogP contribution is -2.14. The molecule has 3 rings (SSSR count). The Morgan fingerprint density at radius 2 is 1.60 bits per heavy atom. The predicted molar refractivity (Wildman–Crippen MR) is 70.5 cm³/mol. The Morgan fingerprint density at radius 1 is 1.00 bits per heavy atom. The van der Waals surface area contributed by atoms with Gasteiger partial charge in [0.05, 0.1) is 0 Å². The highest BCUT2D eigenvalue weighted by Gasteiger charge is 2.43. The highest BCUT2D eigenvalue weighted by Crippen LogP contribution is 2.53. The van der Waals surface area contributed by atoms with Crippen LogP contribution in [0.4, 0.5) is 13.2 Å². The van der Waals surface area contributed by atoms with Gasteiger partial charge in [0.15, 0.2) is 17.5 Å². The molecule has 0 heterocycles. The fraction of sp³-hybridized carbons (Fsp3) is 0.250. The van der Waals surface area contributed by atoms with Crippen LogP contribution < -0.4 is 5.73 Å². The molecule has 0 aromatic heterocycles. The van der Waals surface area contributed by atoms with Crippen LogP contribution in [0.5, 0.6) is 0 Å². The molecule has 1 saturated carbocycles. The number of rotatable bonds is 3. The minimum absolute atomic E-state index is 0.140. The molecule has 0 amide bonds. The molecule has 3 atom stereocenters. The van der Waals surface area contributed by atoms with Crippen molar-refractivity contribution in [2.75, 3.05) is 0 Å². The zero-order valence-electron chi connectivity index (χ0n) is 10.7. The minimum atomic E-state index is -1.45. The number of nitrogens with two attached hydrogens (primary N) is 1. The fourth-order valence-corrected chi connectivity index (χ4v) is 2.71. The third-order valence-corrected chi connectivity index (χ3v) is 3.92. The highest BCUT2D eigenvalue weighted by molar-refractivity contribution is 5.31. The maximum atomic E-state index is 13.2. The second-order valence-electron chi connectivity index (χ2n) is 5.24. The van der Waals surface area contributed by atoms with Gasteiger partial charge in [0.1, 0.15) is 0 Å². The average Bonchev–Trinajstić information content (AvgIpc) is 3.25. The van der Waals surface area contributed by atoms with Crippen molar-refractivity contribution in [3.05, 3.63) is 71.0 Å². The Hall–Kier alpha value is -1.81. The maximum Gasteiger partial charge on any atom is 0.194 e. The van der Waals surface area contributed by atoms with Crippen LogP contribution in [0, 0.1) is 23.4 Å². The van der Waals surface area contributed by atoms with Crippen LogP contribution in [0.2, 0.25) is 0 Å². The summed E-state index contributed by atoms with van der Waals surface area (Å²) in [6, 6.07) is 11.4. The number of benzene rings is 2. The van der Waals surface area contributed by atoms with E-state index in [4.69, 9.17) is 5.73 Å². The standard InChI is InChI=1S/C16H14F3N/c17-13-6-10(7-14(18)15(13)19)16(20)12-8-11(12)9-4-2-1-3-5-9/h1-7,11-12,16H,8,20H2. The first kappa shape index (κ1) is 13.2. The normalized spacial score (nSPS) is 22.6. The molecule has 0 spiro atoms. The fourth-order valence-electron chi connectivity index (χ4n) is 2.71. The molecule has 2 aromatic carbocycles. The molecule has 1 fully saturated rings. The van der Waals surface area contributed by atoms with Crippen LogP contribution in [0.15, 0.2) is 42.5 Å². The molecule has 1 nitrogen and oxygen atoms in total. The van der Waals surface area contributed by atoms with Crippen LogP contribution in [0.3, 0.4) is 0 Å². The molecule has 1 aliphatic carbocycles. The summed E-state index contributed by atoms with van der Waals surface area (Å²) >= 11 is 0. The second kappa shape index (κ2) is 4.94. The Morgan fingerprint density at radius 3 is 2.20 bits per heavy atom. The summed E-state index contributed by atoms with van der Waals surface area (Å²) in [6.07, 6.45) is 0.881. The monoisotopic (exact) mass is 277 g/mol. The Bertz CT molecular complexity index is 604. The van der Waals surface area contributed by atoms with E-state index in [1.165, 1.54) is 5.56 Å². The Balaban J connectivity index is 1.80. The van der Waals surface area contributed by atoms with Crippen LogP contribution in [0.25, 0.3) is 0 Å². The van der Waals surface area contributed by atoms with E-state index in [2.05, 4.69) is 0 Å². The van der Waals surface area contributed by atoms with Crippen molar-refractivity contribution in [1.82, 2.24) is 0 Å². The zero-order valence-corrected chi connectivity index (χ0v) is 10.7. The van der Waals surface area contributed by atoms with Gasteiger partial charge in [-0.05, 0) is 41.5 Å². The van der Waals surface area contributed by atoms with Gasteiger partial charge in [0, 0.05) is 6.04 Å². The lowest BCUT2D eigenvalue weighted by atomic mass is 9.99. The average molecular weight is 277 g/mol. The first-order valence-electron chi connectivity index (χ1n) is 6.53. The van der Waals surface area contributed by atoms with Crippen molar-refractivity contribution in [3.8, 4) is 0 Å². The quantitative estimate of drug-likeness (QED) is 0.846. The van der Waals surface area contributed by atoms with Gasteiger partial charge in [-0.25, -0.2) is 13.2 Å². The van der Waals surface area contributed by atoms with E-state index in [9.17, 15) is 13.2 Å². The lowest BCUT2D eigenvalue weighted by Gasteiger charge is -2.13. The minimum Gasteiger partial charge on any atom is -0.324 e. The van der Waals surface area contributed by atoms with Crippen LogP contribution in [-0.4, -0.2) is 0 Å². The van der Waals surface area contributed by atoms with Crippen molar-refractivity contribution >= 4 is 0 Å². The van der Waals surface area contributed by atoms with Gasteiger partial charge in [-0.3, -0.25) is 0 Å².